The summed E-state index contributed by atoms with van der Waals surface area (Å²) in [4.78, 5) is 0. The molecule has 1 aromatic rings. The molecule has 0 bridgehead atoms. The van der Waals surface area contributed by atoms with E-state index >= 15 is 0 Å². The summed E-state index contributed by atoms with van der Waals surface area (Å²) in [5.41, 5.74) is 3.89. The molecule has 2 nitrogen and oxygen atoms in total. The molecule has 0 radical (unpaired) electrons. The number of allylic oxidation sites excluding steroid dienone is 1. The highest BCUT2D eigenvalue weighted by Gasteiger charge is 2.47. The summed E-state index contributed by atoms with van der Waals surface area (Å²) in [5.74, 6) is 2.58. The van der Waals surface area contributed by atoms with Crippen molar-refractivity contribution < 1.29 is 4.52 Å². The average Bonchev–Trinajstić information content (AvgIpc) is 2.86. The van der Waals surface area contributed by atoms with Crippen LogP contribution < -0.4 is 0 Å². The molecule has 1 fully saturated rings. The van der Waals surface area contributed by atoms with Gasteiger partial charge in [0.25, 0.3) is 0 Å². The van der Waals surface area contributed by atoms with E-state index in [-0.39, 0.29) is 0 Å². The molecule has 1 heterocycles. The van der Waals surface area contributed by atoms with Crippen LogP contribution in [0.3, 0.4) is 0 Å². The lowest BCUT2D eigenvalue weighted by Gasteiger charge is -2.08. The molecule has 1 saturated carbocycles. The lowest BCUT2D eigenvalue weighted by atomic mass is 9.95. The third-order valence-corrected chi connectivity index (χ3v) is 3.28. The van der Waals surface area contributed by atoms with Gasteiger partial charge < -0.3 is 4.52 Å². The van der Waals surface area contributed by atoms with Gasteiger partial charge in [-0.05, 0) is 25.7 Å². The topological polar surface area (TPSA) is 26.0 Å². The first-order valence-corrected chi connectivity index (χ1v) is 4.98. The summed E-state index contributed by atoms with van der Waals surface area (Å²) in [6.07, 6.45) is 4.74. The first-order chi connectivity index (χ1) is 6.31. The van der Waals surface area contributed by atoms with E-state index in [1.807, 2.05) is 6.92 Å². The highest BCUT2D eigenvalue weighted by atomic mass is 16.5. The summed E-state index contributed by atoms with van der Waals surface area (Å²) in [5, 5.41) is 4.02. The zero-order valence-corrected chi connectivity index (χ0v) is 8.00. The third-order valence-electron chi connectivity index (χ3n) is 3.28. The average molecular weight is 175 g/mol. The predicted octanol–water partition coefficient (Wildman–Crippen LogP) is 2.89. The number of hydrogen-bond acceptors (Lipinski definition) is 2. The molecule has 2 unspecified atom stereocenters. The summed E-state index contributed by atoms with van der Waals surface area (Å²) in [6.45, 7) is 4.25. The molecule has 0 N–H and O–H groups in total. The van der Waals surface area contributed by atoms with Crippen molar-refractivity contribution in [2.24, 2.45) is 5.92 Å². The lowest BCUT2D eigenvalue weighted by molar-refractivity contribution is 0.377. The van der Waals surface area contributed by atoms with Gasteiger partial charge in [-0.3, -0.25) is 0 Å². The van der Waals surface area contributed by atoms with Crippen molar-refractivity contribution in [2.75, 3.05) is 0 Å². The van der Waals surface area contributed by atoms with Crippen LogP contribution in [0.5, 0.6) is 0 Å². The molecule has 2 heteroatoms. The number of aryl methyl sites for hydroxylation is 1. The van der Waals surface area contributed by atoms with Crippen LogP contribution in [0.25, 0.3) is 6.08 Å². The van der Waals surface area contributed by atoms with Gasteiger partial charge in [-0.1, -0.05) is 23.7 Å². The van der Waals surface area contributed by atoms with E-state index in [1.54, 1.807) is 5.57 Å². The summed E-state index contributed by atoms with van der Waals surface area (Å²) < 4.78 is 5.34. The Hall–Kier alpha value is -1.05. The zero-order chi connectivity index (χ0) is 9.00. The van der Waals surface area contributed by atoms with E-state index in [1.165, 1.54) is 18.4 Å². The highest BCUT2D eigenvalue weighted by molar-refractivity contribution is 5.63. The van der Waals surface area contributed by atoms with Crippen molar-refractivity contribution in [3.8, 4) is 0 Å². The first kappa shape index (κ1) is 7.36. The Balaban J connectivity index is 2.17. The molecule has 2 aliphatic rings. The minimum absolute atomic E-state index is 0.663. The second-order valence-corrected chi connectivity index (χ2v) is 4.07. The van der Waals surface area contributed by atoms with E-state index in [0.29, 0.717) is 5.92 Å². The van der Waals surface area contributed by atoms with Gasteiger partial charge in [0.05, 0.1) is 5.69 Å². The van der Waals surface area contributed by atoms with Gasteiger partial charge in [0.1, 0.15) is 5.76 Å². The number of fused-ring (bicyclic) bond motifs is 3. The highest BCUT2D eigenvalue weighted by Crippen LogP contribution is 2.57. The Labute approximate surface area is 77.6 Å². The molecule has 68 valence electrons. The fraction of sp³-hybridized carbons (Fsp3) is 0.545. The molecular weight excluding hydrogens is 162 g/mol. The fourth-order valence-corrected chi connectivity index (χ4v) is 2.39. The van der Waals surface area contributed by atoms with Gasteiger partial charge in [0.2, 0.25) is 0 Å². The van der Waals surface area contributed by atoms with E-state index in [2.05, 4.69) is 18.2 Å². The summed E-state index contributed by atoms with van der Waals surface area (Å²) in [7, 11) is 0. The Kier molecular flexibility index (Phi) is 1.27. The summed E-state index contributed by atoms with van der Waals surface area (Å²) >= 11 is 0. The monoisotopic (exact) mass is 175 g/mol. The Morgan fingerprint density at radius 2 is 2.38 bits per heavy atom. The maximum Gasteiger partial charge on any atom is 0.147 e. The molecule has 2 aliphatic carbocycles. The third kappa shape index (κ3) is 0.859. The van der Waals surface area contributed by atoms with E-state index in [0.717, 1.165) is 17.4 Å². The minimum atomic E-state index is 0.663. The standard InChI is InChI=1S/C11H13NO/c1-3-7-4-8-6(2)12-13-11(8)10-5-9(7)10/h4,9-10H,3,5H2,1-2H3. The molecule has 1 aromatic heterocycles. The van der Waals surface area contributed by atoms with Crippen LogP contribution in [-0.4, -0.2) is 5.16 Å². The zero-order valence-electron chi connectivity index (χ0n) is 8.00. The SMILES string of the molecule is CCC1=Cc2c(C)noc2C2CC12. The van der Waals surface area contributed by atoms with Crippen molar-refractivity contribution in [1.82, 2.24) is 5.16 Å². The van der Waals surface area contributed by atoms with Crippen LogP contribution in [0.1, 0.15) is 42.7 Å². The molecule has 0 spiro atoms. The van der Waals surface area contributed by atoms with Crippen molar-refractivity contribution in [3.63, 3.8) is 0 Å². The van der Waals surface area contributed by atoms with Crippen LogP contribution in [0, 0.1) is 12.8 Å². The minimum Gasteiger partial charge on any atom is -0.360 e. The Bertz CT molecular complexity index is 389. The molecule has 0 amide bonds. The van der Waals surface area contributed by atoms with Gasteiger partial charge in [-0.25, -0.2) is 0 Å². The molecule has 13 heavy (non-hydrogen) atoms. The van der Waals surface area contributed by atoms with Crippen molar-refractivity contribution in [3.05, 3.63) is 22.6 Å². The van der Waals surface area contributed by atoms with E-state index in [9.17, 15) is 0 Å². The molecule has 2 atom stereocenters. The van der Waals surface area contributed by atoms with Crippen molar-refractivity contribution >= 4 is 6.08 Å². The van der Waals surface area contributed by atoms with Crippen molar-refractivity contribution in [2.45, 2.75) is 32.6 Å². The first-order valence-electron chi connectivity index (χ1n) is 4.98. The van der Waals surface area contributed by atoms with E-state index < -0.39 is 0 Å². The smallest absolute Gasteiger partial charge is 0.147 e. The van der Waals surface area contributed by atoms with Gasteiger partial charge in [-0.2, -0.15) is 0 Å². The maximum atomic E-state index is 5.34. The molecule has 0 aromatic carbocycles. The normalized spacial score (nSPS) is 29.2. The molecule has 0 saturated heterocycles. The lowest BCUT2D eigenvalue weighted by Crippen LogP contribution is -1.95. The Morgan fingerprint density at radius 3 is 3.15 bits per heavy atom. The van der Waals surface area contributed by atoms with Crippen LogP contribution in [0.4, 0.5) is 0 Å². The quantitative estimate of drug-likeness (QED) is 0.656. The van der Waals surface area contributed by atoms with Crippen molar-refractivity contribution in [1.29, 1.82) is 0 Å². The predicted molar refractivity (Wildman–Crippen MR) is 50.4 cm³/mol. The largest absolute Gasteiger partial charge is 0.360 e. The second kappa shape index (κ2) is 2.25. The number of aromatic nitrogens is 1. The fourth-order valence-electron chi connectivity index (χ4n) is 2.39. The Morgan fingerprint density at radius 1 is 1.54 bits per heavy atom. The van der Waals surface area contributed by atoms with Crippen LogP contribution in [-0.2, 0) is 0 Å². The van der Waals surface area contributed by atoms with Gasteiger partial charge in [0, 0.05) is 11.5 Å². The number of rotatable bonds is 1. The molecule has 0 aliphatic heterocycles. The second-order valence-electron chi connectivity index (χ2n) is 4.07. The molecule has 3 rings (SSSR count). The summed E-state index contributed by atoms with van der Waals surface area (Å²) in [6, 6.07) is 0. The number of nitrogens with zero attached hydrogens (tertiary/aromatic N) is 1. The van der Waals surface area contributed by atoms with Gasteiger partial charge in [-0.15, -0.1) is 0 Å². The number of hydrogen-bond donors (Lipinski definition) is 0. The van der Waals surface area contributed by atoms with Crippen LogP contribution in [0.2, 0.25) is 0 Å². The van der Waals surface area contributed by atoms with Gasteiger partial charge >= 0.3 is 0 Å². The van der Waals surface area contributed by atoms with E-state index in [4.69, 9.17) is 4.52 Å². The maximum absolute atomic E-state index is 5.34. The van der Waals surface area contributed by atoms with Crippen LogP contribution in [0.15, 0.2) is 10.1 Å². The molecular formula is C11H13NO. The van der Waals surface area contributed by atoms with Gasteiger partial charge in [0.15, 0.2) is 0 Å². The van der Waals surface area contributed by atoms with Crippen LogP contribution >= 0.6 is 0 Å².